The first kappa shape index (κ1) is 60.8. The molecule has 86 heavy (non-hydrogen) atoms. The van der Waals surface area contributed by atoms with Gasteiger partial charge in [0.2, 0.25) is 0 Å². The van der Waals surface area contributed by atoms with E-state index < -0.39 is 0 Å². The Morgan fingerprint density at radius 2 is 0.616 bits per heavy atom. The molecule has 0 N–H and O–H groups in total. The number of anilines is 6. The average molecular weight is 1140 g/mol. The van der Waals surface area contributed by atoms with Crippen LogP contribution in [-0.2, 0) is 34.5 Å². The first-order valence-electron chi connectivity index (χ1n) is 33.4. The number of para-hydroxylation sites is 4. The van der Waals surface area contributed by atoms with Crippen molar-refractivity contribution in [1.29, 1.82) is 0 Å². The number of nitrogens with zero attached hydrogens (tertiary/aromatic N) is 2. The summed E-state index contributed by atoms with van der Waals surface area (Å²) in [4.78, 5) is 5.10. The fourth-order valence-corrected chi connectivity index (χ4v) is 15.7. The Hall–Kier alpha value is -6.90. The van der Waals surface area contributed by atoms with Crippen LogP contribution in [0.4, 0.5) is 34.1 Å². The van der Waals surface area contributed by atoms with Gasteiger partial charge in [-0.15, -0.1) is 0 Å². The van der Waals surface area contributed by atoms with E-state index in [0.717, 1.165) is 24.2 Å². The summed E-state index contributed by atoms with van der Waals surface area (Å²) < 4.78 is 0. The van der Waals surface area contributed by atoms with Gasteiger partial charge in [-0.2, -0.15) is 0 Å². The van der Waals surface area contributed by atoms with Gasteiger partial charge in [0.25, 0.3) is 0 Å². The van der Waals surface area contributed by atoms with Gasteiger partial charge in [-0.1, -0.05) is 282 Å². The molecule has 0 radical (unpaired) electrons. The Morgan fingerprint density at radius 1 is 0.279 bits per heavy atom. The quantitative estimate of drug-likeness (QED) is 0.0493. The summed E-state index contributed by atoms with van der Waals surface area (Å²) in [5, 5.41) is 5.48. The zero-order valence-electron chi connectivity index (χ0n) is 55.1. The van der Waals surface area contributed by atoms with E-state index in [2.05, 4.69) is 289 Å². The van der Waals surface area contributed by atoms with Crippen molar-refractivity contribution >= 4 is 55.7 Å². The number of fused-ring (bicyclic) bond motifs is 5. The highest BCUT2D eigenvalue weighted by atomic mass is 15.2. The van der Waals surface area contributed by atoms with E-state index in [4.69, 9.17) is 0 Å². The molecule has 0 heterocycles. The number of unbranched alkanes of at least 4 members (excludes halogenated alkanes) is 10. The highest BCUT2D eigenvalue weighted by Gasteiger charge is 2.58. The third kappa shape index (κ3) is 10.4. The van der Waals surface area contributed by atoms with Crippen molar-refractivity contribution < 1.29 is 0 Å². The molecular weight excluding hydrogens is 1040 g/mol. The van der Waals surface area contributed by atoms with E-state index in [-0.39, 0.29) is 32.5 Å². The molecule has 0 fully saturated rings. The predicted molar refractivity (Wildman–Crippen MR) is 376 cm³/mol. The summed E-state index contributed by atoms with van der Waals surface area (Å²) in [7, 11) is 0. The van der Waals surface area contributed by atoms with Crippen molar-refractivity contribution in [3.8, 4) is 22.3 Å². The van der Waals surface area contributed by atoms with Gasteiger partial charge in [0.15, 0.2) is 0 Å². The third-order valence-corrected chi connectivity index (χ3v) is 23.3. The lowest BCUT2D eigenvalue weighted by Gasteiger charge is -2.44. The second-order valence-corrected chi connectivity index (χ2v) is 29.1. The van der Waals surface area contributed by atoms with Gasteiger partial charge in [-0.25, -0.2) is 0 Å². The summed E-state index contributed by atoms with van der Waals surface area (Å²) in [6.45, 7) is 34.2. The molecule has 0 saturated carbocycles. The maximum atomic E-state index is 2.59. The molecule has 11 rings (SSSR count). The summed E-state index contributed by atoms with van der Waals surface area (Å²) in [6, 6.07) is 70.4. The molecule has 0 aliphatic heterocycles. The number of benzene rings is 9. The Bertz CT molecular complexity index is 3610. The summed E-state index contributed by atoms with van der Waals surface area (Å²) in [5.74, 6) is 0. The van der Waals surface area contributed by atoms with Gasteiger partial charge in [-0.3, -0.25) is 0 Å². The average Bonchev–Trinajstić information content (AvgIpc) is 1.72. The lowest BCUT2D eigenvalue weighted by molar-refractivity contribution is 0.125. The SMILES string of the molecule is CCCCCCCCc1c(CCCCCCCC)c2cc(N(c3ccccc3)c3ccccc3-c3ccc4c(c3)C(C)(C)C(C)(C)C4(C)C)ccc2c2ccc(N(c3ccccc3)c3ccccc3-c3ccc4c(c3)C(C)(C)C(C)(C)C4(C)C)cc12. The van der Waals surface area contributed by atoms with Gasteiger partial charge in [0, 0.05) is 33.9 Å². The van der Waals surface area contributed by atoms with Crippen LogP contribution in [-0.4, -0.2) is 0 Å². The molecule has 0 atom stereocenters. The van der Waals surface area contributed by atoms with E-state index in [1.807, 2.05) is 0 Å². The van der Waals surface area contributed by atoms with E-state index in [0.29, 0.717) is 0 Å². The maximum Gasteiger partial charge on any atom is 0.0540 e. The standard InChI is InChI=1S/C84H100N2/c1-15-17-19-21-23-31-43-67-68(44-32-24-22-20-18-16-2)72-58-64(86(62-39-29-26-30-40-62)78-46-36-34-42-66(78)60-48-54-74-76(56-60)82(9,10)84(13,14)80(74,5)6)50-52-70(72)69-51-49-63(57-71(67)69)85(61-37-27-25-28-38-61)77-45-35-33-41-65(77)59-47-53-73-75(55-59)81(7,8)83(11,12)79(73,3)4/h25-30,33-42,45-58H,15-24,31-32,43-44H2,1-14H3. The fraction of sp³-hybridized carbons (Fsp3) is 0.405. The molecule has 2 aliphatic carbocycles. The van der Waals surface area contributed by atoms with Crippen molar-refractivity contribution in [1.82, 2.24) is 0 Å². The summed E-state index contributed by atoms with van der Waals surface area (Å²) in [5.41, 5.74) is 21.3. The Morgan fingerprint density at radius 3 is 1.00 bits per heavy atom. The van der Waals surface area contributed by atoms with Crippen LogP contribution in [0.15, 0.2) is 182 Å². The van der Waals surface area contributed by atoms with E-state index in [9.17, 15) is 0 Å². The molecule has 2 aliphatic rings. The largest absolute Gasteiger partial charge is 0.310 e. The Balaban J connectivity index is 1.11. The second kappa shape index (κ2) is 24.0. The van der Waals surface area contributed by atoms with Crippen LogP contribution in [0.25, 0.3) is 43.8 Å². The first-order valence-corrected chi connectivity index (χ1v) is 33.4. The van der Waals surface area contributed by atoms with Crippen molar-refractivity contribution in [2.45, 2.75) is 208 Å². The Labute approximate surface area is 519 Å². The van der Waals surface area contributed by atoms with Gasteiger partial charge in [0.05, 0.1) is 11.4 Å². The predicted octanol–water partition coefficient (Wildman–Crippen LogP) is 25.3. The molecule has 0 bridgehead atoms. The summed E-state index contributed by atoms with van der Waals surface area (Å²) >= 11 is 0. The molecule has 2 heteroatoms. The van der Waals surface area contributed by atoms with Crippen LogP contribution in [0.5, 0.6) is 0 Å². The minimum absolute atomic E-state index is 0.00274. The zero-order valence-corrected chi connectivity index (χ0v) is 55.1. The fourth-order valence-electron chi connectivity index (χ4n) is 15.7. The zero-order chi connectivity index (χ0) is 60.8. The number of aryl methyl sites for hydroxylation is 2. The minimum atomic E-state index is -0.00274. The van der Waals surface area contributed by atoms with Crippen LogP contribution >= 0.6 is 0 Å². The van der Waals surface area contributed by atoms with E-state index in [1.165, 1.54) is 166 Å². The maximum absolute atomic E-state index is 2.59. The second-order valence-electron chi connectivity index (χ2n) is 29.1. The summed E-state index contributed by atoms with van der Waals surface area (Å²) in [6.07, 6.45) is 17.3. The van der Waals surface area contributed by atoms with Crippen LogP contribution < -0.4 is 9.80 Å². The van der Waals surface area contributed by atoms with E-state index in [1.54, 1.807) is 11.1 Å². The number of rotatable bonds is 22. The number of hydrogen-bond acceptors (Lipinski definition) is 2. The van der Waals surface area contributed by atoms with E-state index >= 15 is 0 Å². The first-order chi connectivity index (χ1) is 41.2. The lowest BCUT2D eigenvalue weighted by atomic mass is 9.59. The van der Waals surface area contributed by atoms with Crippen LogP contribution in [0.3, 0.4) is 0 Å². The van der Waals surface area contributed by atoms with Crippen LogP contribution in [0.2, 0.25) is 0 Å². The van der Waals surface area contributed by atoms with Crippen molar-refractivity contribution in [3.63, 3.8) is 0 Å². The number of hydrogen-bond donors (Lipinski definition) is 0. The van der Waals surface area contributed by atoms with Gasteiger partial charge in [-0.05, 0) is 185 Å². The molecule has 0 saturated heterocycles. The topological polar surface area (TPSA) is 6.48 Å². The molecule has 9 aromatic rings. The van der Waals surface area contributed by atoms with Crippen molar-refractivity contribution in [2.75, 3.05) is 9.80 Å². The normalized spacial score (nSPS) is 16.5. The van der Waals surface area contributed by atoms with Crippen molar-refractivity contribution in [3.05, 3.63) is 215 Å². The monoisotopic (exact) mass is 1140 g/mol. The minimum Gasteiger partial charge on any atom is -0.310 e. The third-order valence-electron chi connectivity index (χ3n) is 23.3. The smallest absolute Gasteiger partial charge is 0.0540 e. The molecule has 9 aromatic carbocycles. The van der Waals surface area contributed by atoms with Crippen LogP contribution in [0.1, 0.15) is 207 Å². The van der Waals surface area contributed by atoms with Gasteiger partial charge in [0.1, 0.15) is 0 Å². The van der Waals surface area contributed by atoms with Gasteiger partial charge >= 0.3 is 0 Å². The molecular formula is C84H100N2. The molecule has 0 unspecified atom stereocenters. The molecule has 0 spiro atoms. The van der Waals surface area contributed by atoms with Crippen molar-refractivity contribution in [2.24, 2.45) is 10.8 Å². The Kier molecular flexibility index (Phi) is 17.0. The molecule has 0 aromatic heterocycles. The highest BCUT2D eigenvalue weighted by Crippen LogP contribution is 2.64. The molecule has 446 valence electrons. The van der Waals surface area contributed by atoms with Gasteiger partial charge < -0.3 is 9.80 Å². The van der Waals surface area contributed by atoms with Crippen LogP contribution in [0, 0.1) is 10.8 Å². The highest BCUT2D eigenvalue weighted by molar-refractivity contribution is 6.13. The lowest BCUT2D eigenvalue weighted by Crippen LogP contribution is -2.42. The molecule has 0 amide bonds. The molecule has 2 nitrogen and oxygen atoms in total.